The number of ketones is 1. The minimum atomic E-state index is -2.71. The molecule has 0 saturated heterocycles. The minimum absolute atomic E-state index is 0.00199. The zero-order chi connectivity index (χ0) is 16.6. The molecule has 1 aromatic carbocycles. The van der Waals surface area contributed by atoms with Crippen LogP contribution in [-0.4, -0.2) is 30.4 Å². The van der Waals surface area contributed by atoms with Crippen LogP contribution in [0, 0.1) is 0 Å². The summed E-state index contributed by atoms with van der Waals surface area (Å²) < 4.78 is 27.1. The standard InChI is InChI=1S/C15H13NO6S/c17-13(10-4-2-1-3-9(10)7-23(20)21)11-12(15(18)19)16-22-14(11)8-5-6-8/h1-4,8,23H,5-7H2,(H,18,19). The molecular formula is C15H13NO6S. The molecule has 1 saturated carbocycles. The lowest BCUT2D eigenvalue weighted by atomic mass is 9.96. The fourth-order valence-electron chi connectivity index (χ4n) is 2.45. The molecule has 1 aliphatic rings. The summed E-state index contributed by atoms with van der Waals surface area (Å²) in [5.74, 6) is -1.94. The molecule has 0 spiro atoms. The number of aromatic carboxylic acids is 1. The fourth-order valence-corrected chi connectivity index (χ4v) is 3.00. The highest BCUT2D eigenvalue weighted by Crippen LogP contribution is 2.43. The van der Waals surface area contributed by atoms with Gasteiger partial charge in [-0.3, -0.25) is 4.79 Å². The highest BCUT2D eigenvalue weighted by molar-refractivity contribution is 7.71. The molecule has 0 bridgehead atoms. The molecule has 1 aromatic heterocycles. The van der Waals surface area contributed by atoms with E-state index in [-0.39, 0.29) is 28.6 Å². The number of carboxylic acids is 1. The number of thiol groups is 1. The molecule has 1 heterocycles. The Morgan fingerprint density at radius 1 is 1.26 bits per heavy atom. The summed E-state index contributed by atoms with van der Waals surface area (Å²) in [5.41, 5.74) is -0.0287. The summed E-state index contributed by atoms with van der Waals surface area (Å²) in [6.45, 7) is 0. The van der Waals surface area contributed by atoms with Gasteiger partial charge in [0.15, 0.2) is 11.5 Å². The van der Waals surface area contributed by atoms with Gasteiger partial charge >= 0.3 is 5.97 Å². The first-order valence-electron chi connectivity index (χ1n) is 6.96. The lowest BCUT2D eigenvalue weighted by Crippen LogP contribution is -2.12. The van der Waals surface area contributed by atoms with E-state index in [4.69, 9.17) is 4.52 Å². The topological polar surface area (TPSA) is 115 Å². The Labute approximate surface area is 132 Å². The van der Waals surface area contributed by atoms with E-state index in [1.54, 1.807) is 12.1 Å². The smallest absolute Gasteiger partial charge is 0.358 e. The molecule has 0 aliphatic heterocycles. The number of carbonyl (C=O) groups is 2. The second kappa shape index (κ2) is 5.96. The van der Waals surface area contributed by atoms with Crippen molar-refractivity contribution in [1.82, 2.24) is 5.16 Å². The maximum absolute atomic E-state index is 12.8. The molecule has 2 aromatic rings. The van der Waals surface area contributed by atoms with Crippen molar-refractivity contribution in [2.45, 2.75) is 24.5 Å². The van der Waals surface area contributed by atoms with E-state index in [2.05, 4.69) is 5.16 Å². The van der Waals surface area contributed by atoms with Gasteiger partial charge in [-0.15, -0.1) is 0 Å². The number of rotatable bonds is 6. The molecule has 120 valence electrons. The quantitative estimate of drug-likeness (QED) is 0.608. The van der Waals surface area contributed by atoms with E-state index in [0.29, 0.717) is 5.56 Å². The molecule has 0 atom stereocenters. The lowest BCUT2D eigenvalue weighted by Gasteiger charge is -2.06. The Morgan fingerprint density at radius 3 is 2.57 bits per heavy atom. The Balaban J connectivity index is 2.11. The zero-order valence-corrected chi connectivity index (χ0v) is 12.8. The molecule has 1 fully saturated rings. The van der Waals surface area contributed by atoms with Gasteiger partial charge in [0.25, 0.3) is 0 Å². The van der Waals surface area contributed by atoms with E-state index >= 15 is 0 Å². The summed E-state index contributed by atoms with van der Waals surface area (Å²) in [7, 11) is -2.71. The van der Waals surface area contributed by atoms with Crippen LogP contribution < -0.4 is 0 Å². The van der Waals surface area contributed by atoms with Gasteiger partial charge < -0.3 is 9.63 Å². The van der Waals surface area contributed by atoms with E-state index in [0.717, 1.165) is 12.8 Å². The van der Waals surface area contributed by atoms with Gasteiger partial charge in [0.1, 0.15) is 16.3 Å². The van der Waals surface area contributed by atoms with Crippen LogP contribution in [0.5, 0.6) is 0 Å². The maximum atomic E-state index is 12.8. The number of hydrogen-bond acceptors (Lipinski definition) is 6. The molecule has 23 heavy (non-hydrogen) atoms. The third-order valence-electron chi connectivity index (χ3n) is 3.66. The van der Waals surface area contributed by atoms with Crippen LogP contribution in [0.3, 0.4) is 0 Å². The monoisotopic (exact) mass is 335 g/mol. The van der Waals surface area contributed by atoms with Crippen LogP contribution in [-0.2, 0) is 16.5 Å². The SMILES string of the molecule is O=C(O)c1noc(C2CC2)c1C(=O)c1ccccc1C[SH](=O)=O. The molecule has 7 nitrogen and oxygen atoms in total. The normalized spacial score (nSPS) is 14.1. The Morgan fingerprint density at radius 2 is 1.96 bits per heavy atom. The molecule has 0 amide bonds. The van der Waals surface area contributed by atoms with E-state index in [1.807, 2.05) is 0 Å². The van der Waals surface area contributed by atoms with Gasteiger partial charge in [-0.2, -0.15) is 0 Å². The van der Waals surface area contributed by atoms with Gasteiger partial charge in [-0.25, -0.2) is 13.2 Å². The molecule has 1 aliphatic carbocycles. The molecular weight excluding hydrogens is 322 g/mol. The van der Waals surface area contributed by atoms with Crippen molar-refractivity contribution in [1.29, 1.82) is 0 Å². The predicted octanol–water partition coefficient (Wildman–Crippen LogP) is 1.59. The maximum Gasteiger partial charge on any atom is 0.358 e. The summed E-state index contributed by atoms with van der Waals surface area (Å²) in [5, 5.41) is 12.7. The summed E-state index contributed by atoms with van der Waals surface area (Å²) in [6, 6.07) is 6.23. The second-order valence-corrected chi connectivity index (χ2v) is 6.31. The first kappa shape index (κ1) is 15.4. The van der Waals surface area contributed by atoms with Crippen LogP contribution >= 0.6 is 0 Å². The van der Waals surface area contributed by atoms with Crippen molar-refractivity contribution in [3.63, 3.8) is 0 Å². The van der Waals surface area contributed by atoms with Crippen LogP contribution in [0.1, 0.15) is 56.5 Å². The second-order valence-electron chi connectivity index (χ2n) is 5.33. The van der Waals surface area contributed by atoms with Crippen molar-refractivity contribution < 1.29 is 27.6 Å². The zero-order valence-electron chi connectivity index (χ0n) is 11.9. The Kier molecular flexibility index (Phi) is 3.99. The largest absolute Gasteiger partial charge is 0.476 e. The number of carbonyl (C=O) groups excluding carboxylic acids is 1. The fraction of sp³-hybridized carbons (Fsp3) is 0.267. The summed E-state index contributed by atoms with van der Waals surface area (Å²) in [4.78, 5) is 24.1. The first-order chi connectivity index (χ1) is 11.0. The predicted molar refractivity (Wildman–Crippen MR) is 79.3 cm³/mol. The van der Waals surface area contributed by atoms with Crippen LogP contribution in [0.4, 0.5) is 0 Å². The molecule has 1 N–H and O–H groups in total. The average molecular weight is 335 g/mol. The molecule has 0 radical (unpaired) electrons. The molecule has 3 rings (SSSR count). The van der Waals surface area contributed by atoms with Gasteiger partial charge in [-0.1, -0.05) is 29.4 Å². The Bertz CT molecular complexity index is 855. The molecule has 0 unspecified atom stereocenters. The van der Waals surface area contributed by atoms with Crippen molar-refractivity contribution in [2.75, 3.05) is 0 Å². The van der Waals surface area contributed by atoms with E-state index < -0.39 is 28.2 Å². The summed E-state index contributed by atoms with van der Waals surface area (Å²) >= 11 is 0. The van der Waals surface area contributed by atoms with Crippen LogP contribution in [0.2, 0.25) is 0 Å². The van der Waals surface area contributed by atoms with Gasteiger partial charge in [0.2, 0.25) is 5.69 Å². The first-order valence-corrected chi connectivity index (χ1v) is 8.32. The number of benzene rings is 1. The lowest BCUT2D eigenvalue weighted by molar-refractivity contribution is 0.0682. The minimum Gasteiger partial charge on any atom is -0.476 e. The van der Waals surface area contributed by atoms with Crippen molar-refractivity contribution >= 4 is 22.5 Å². The number of aromatic nitrogens is 1. The number of nitrogens with zero attached hydrogens (tertiary/aromatic N) is 1. The number of carboxylic acid groups (broad SMARTS) is 1. The van der Waals surface area contributed by atoms with E-state index in [9.17, 15) is 23.1 Å². The third kappa shape index (κ3) is 3.02. The van der Waals surface area contributed by atoms with Crippen LogP contribution in [0.15, 0.2) is 28.8 Å². The van der Waals surface area contributed by atoms with Crippen molar-refractivity contribution in [3.05, 3.63) is 52.4 Å². The van der Waals surface area contributed by atoms with Gasteiger partial charge in [0, 0.05) is 11.5 Å². The van der Waals surface area contributed by atoms with E-state index in [1.165, 1.54) is 12.1 Å². The van der Waals surface area contributed by atoms with Gasteiger partial charge in [-0.05, 0) is 18.4 Å². The Hall–Kier alpha value is -2.48. The highest BCUT2D eigenvalue weighted by Gasteiger charge is 2.37. The van der Waals surface area contributed by atoms with Crippen LogP contribution in [0.25, 0.3) is 0 Å². The highest BCUT2D eigenvalue weighted by atomic mass is 32.2. The number of hydrogen-bond donors (Lipinski definition) is 2. The molecule has 8 heteroatoms. The van der Waals surface area contributed by atoms with Crippen molar-refractivity contribution in [3.8, 4) is 0 Å². The van der Waals surface area contributed by atoms with Crippen molar-refractivity contribution in [2.24, 2.45) is 0 Å². The van der Waals surface area contributed by atoms with Gasteiger partial charge in [0.05, 0.1) is 5.75 Å². The third-order valence-corrected chi connectivity index (χ3v) is 4.26. The average Bonchev–Trinajstić information content (AvgIpc) is 3.24. The summed E-state index contributed by atoms with van der Waals surface area (Å²) in [6.07, 6.45) is 1.62.